The molecule has 2 amide bonds. The second-order valence-electron chi connectivity index (χ2n) is 7.32. The molecule has 0 radical (unpaired) electrons. The van der Waals surface area contributed by atoms with Crippen molar-refractivity contribution in [1.29, 1.82) is 0 Å². The van der Waals surface area contributed by atoms with Crippen LogP contribution in [0.1, 0.15) is 42.9 Å². The molecule has 0 saturated heterocycles. The second kappa shape index (κ2) is 8.77. The third kappa shape index (κ3) is 4.56. The highest BCUT2D eigenvalue weighted by atomic mass is 16.5. The summed E-state index contributed by atoms with van der Waals surface area (Å²) in [6.45, 7) is 5.73. The van der Waals surface area contributed by atoms with Gasteiger partial charge in [-0.25, -0.2) is 0 Å². The summed E-state index contributed by atoms with van der Waals surface area (Å²) in [4.78, 5) is 25.4. The molecule has 0 aliphatic carbocycles. The number of nitrogens with one attached hydrogen (secondary N) is 3. The Morgan fingerprint density at radius 2 is 1.69 bits per heavy atom. The summed E-state index contributed by atoms with van der Waals surface area (Å²) < 4.78 is 5.20. The van der Waals surface area contributed by atoms with Gasteiger partial charge in [0.1, 0.15) is 11.8 Å². The van der Waals surface area contributed by atoms with Crippen molar-refractivity contribution >= 4 is 22.7 Å². The first-order valence-corrected chi connectivity index (χ1v) is 9.59. The molecule has 0 fully saturated rings. The van der Waals surface area contributed by atoms with Crippen LogP contribution in [0.2, 0.25) is 0 Å². The molecule has 3 aromatic rings. The number of hydrogen-bond donors (Lipinski definition) is 3. The first-order chi connectivity index (χ1) is 13.9. The highest BCUT2D eigenvalue weighted by Gasteiger charge is 2.24. The van der Waals surface area contributed by atoms with E-state index in [1.54, 1.807) is 14.0 Å². The van der Waals surface area contributed by atoms with Crippen LogP contribution in [0.5, 0.6) is 5.75 Å². The molecule has 0 aliphatic rings. The predicted molar refractivity (Wildman–Crippen MR) is 112 cm³/mol. The van der Waals surface area contributed by atoms with Crippen LogP contribution in [-0.4, -0.2) is 35.2 Å². The van der Waals surface area contributed by atoms with Gasteiger partial charge in [-0.1, -0.05) is 44.2 Å². The Kier molecular flexibility index (Phi) is 6.16. The van der Waals surface area contributed by atoms with Crippen molar-refractivity contribution in [2.75, 3.05) is 7.11 Å². The molecule has 2 atom stereocenters. The Morgan fingerprint density at radius 1 is 1.00 bits per heavy atom. The molecule has 7 heteroatoms. The van der Waals surface area contributed by atoms with E-state index in [1.165, 1.54) is 0 Å². The van der Waals surface area contributed by atoms with Gasteiger partial charge in [0.2, 0.25) is 5.91 Å². The maximum atomic E-state index is 12.7. The van der Waals surface area contributed by atoms with Crippen molar-refractivity contribution in [3.63, 3.8) is 0 Å². The molecule has 0 spiro atoms. The number of carbonyl (C=O) groups excluding carboxylic acids is 2. The number of rotatable bonds is 7. The van der Waals surface area contributed by atoms with Crippen LogP contribution in [0.15, 0.2) is 48.5 Å². The van der Waals surface area contributed by atoms with E-state index >= 15 is 0 Å². The summed E-state index contributed by atoms with van der Waals surface area (Å²) >= 11 is 0. The zero-order valence-corrected chi connectivity index (χ0v) is 17.0. The van der Waals surface area contributed by atoms with Gasteiger partial charge in [-0.15, -0.1) is 0 Å². The highest BCUT2D eigenvalue weighted by Crippen LogP contribution is 2.24. The van der Waals surface area contributed by atoms with Crippen LogP contribution in [0.4, 0.5) is 0 Å². The topological polar surface area (TPSA) is 96.1 Å². The fourth-order valence-electron chi connectivity index (χ4n) is 3.19. The van der Waals surface area contributed by atoms with Gasteiger partial charge in [0.15, 0.2) is 5.69 Å². The summed E-state index contributed by atoms with van der Waals surface area (Å²) in [6.07, 6.45) is 0. The summed E-state index contributed by atoms with van der Waals surface area (Å²) in [5.74, 6) is 0.281. The lowest BCUT2D eigenvalue weighted by Gasteiger charge is -2.25. The average molecular weight is 394 g/mol. The number of aromatic nitrogens is 2. The number of methoxy groups -OCH3 is 1. The number of benzene rings is 2. The highest BCUT2D eigenvalue weighted by molar-refractivity contribution is 6.05. The number of hydrogen-bond acceptors (Lipinski definition) is 4. The van der Waals surface area contributed by atoms with Crippen molar-refractivity contribution in [2.24, 2.45) is 5.92 Å². The molecule has 3 rings (SSSR count). The summed E-state index contributed by atoms with van der Waals surface area (Å²) in [5, 5.41) is 13.4. The molecular formula is C22H26N4O3. The van der Waals surface area contributed by atoms with Crippen molar-refractivity contribution in [3.05, 3.63) is 59.8 Å². The van der Waals surface area contributed by atoms with E-state index < -0.39 is 11.9 Å². The van der Waals surface area contributed by atoms with Crippen LogP contribution in [0.3, 0.4) is 0 Å². The summed E-state index contributed by atoms with van der Waals surface area (Å²) in [5.41, 5.74) is 2.02. The van der Waals surface area contributed by atoms with E-state index in [0.717, 1.165) is 22.2 Å². The van der Waals surface area contributed by atoms with Gasteiger partial charge < -0.3 is 15.4 Å². The van der Waals surface area contributed by atoms with Gasteiger partial charge in [-0.3, -0.25) is 14.7 Å². The Balaban J connectivity index is 1.68. The standard InChI is InChI=1S/C22H26N4O3/c1-13(2)19(15-9-11-16(29-4)12-10-15)24-21(27)14(3)23-22(28)20-17-7-5-6-8-18(17)25-26-20/h5-14,19H,1-4H3,(H,23,28)(H,24,27)(H,25,26). The number of ether oxygens (including phenoxy) is 1. The first-order valence-electron chi connectivity index (χ1n) is 9.59. The van der Waals surface area contributed by atoms with Crippen molar-refractivity contribution < 1.29 is 14.3 Å². The molecule has 2 unspecified atom stereocenters. The number of fused-ring (bicyclic) bond motifs is 1. The molecule has 2 aromatic carbocycles. The predicted octanol–water partition coefficient (Wildman–Crippen LogP) is 3.20. The molecule has 0 bridgehead atoms. The third-order valence-corrected chi connectivity index (χ3v) is 4.87. The van der Waals surface area contributed by atoms with Gasteiger partial charge in [0.25, 0.3) is 5.91 Å². The Morgan fingerprint density at radius 3 is 2.34 bits per heavy atom. The maximum absolute atomic E-state index is 12.7. The SMILES string of the molecule is COc1ccc(C(NC(=O)C(C)NC(=O)c2n[nH]c3ccccc23)C(C)C)cc1. The monoisotopic (exact) mass is 394 g/mol. The zero-order chi connectivity index (χ0) is 21.0. The number of aromatic amines is 1. The lowest BCUT2D eigenvalue weighted by Crippen LogP contribution is -2.46. The number of amides is 2. The fraction of sp³-hybridized carbons (Fsp3) is 0.318. The minimum Gasteiger partial charge on any atom is -0.497 e. The largest absolute Gasteiger partial charge is 0.497 e. The van der Waals surface area contributed by atoms with Crippen LogP contribution in [0, 0.1) is 5.92 Å². The molecule has 0 aliphatic heterocycles. The molecule has 152 valence electrons. The molecule has 29 heavy (non-hydrogen) atoms. The lowest BCUT2D eigenvalue weighted by molar-refractivity contribution is -0.123. The van der Waals surface area contributed by atoms with Crippen LogP contribution in [0.25, 0.3) is 10.9 Å². The Labute approximate surface area is 169 Å². The van der Waals surface area contributed by atoms with Gasteiger partial charge >= 0.3 is 0 Å². The smallest absolute Gasteiger partial charge is 0.273 e. The number of nitrogens with zero attached hydrogens (tertiary/aromatic N) is 1. The van der Waals surface area contributed by atoms with E-state index in [1.807, 2.05) is 62.4 Å². The quantitative estimate of drug-likeness (QED) is 0.573. The van der Waals surface area contributed by atoms with Crippen LogP contribution >= 0.6 is 0 Å². The molecule has 0 saturated carbocycles. The second-order valence-corrected chi connectivity index (χ2v) is 7.32. The van der Waals surface area contributed by atoms with Gasteiger partial charge in [0, 0.05) is 5.39 Å². The number of carbonyl (C=O) groups is 2. The number of H-pyrrole nitrogens is 1. The minimum absolute atomic E-state index is 0.172. The lowest BCUT2D eigenvalue weighted by atomic mass is 9.95. The Bertz CT molecular complexity index is 995. The van der Waals surface area contributed by atoms with Crippen LogP contribution in [-0.2, 0) is 4.79 Å². The summed E-state index contributed by atoms with van der Waals surface area (Å²) in [7, 11) is 1.61. The third-order valence-electron chi connectivity index (χ3n) is 4.87. The van der Waals surface area contributed by atoms with E-state index in [0.29, 0.717) is 0 Å². The van der Waals surface area contributed by atoms with E-state index in [-0.39, 0.29) is 23.6 Å². The average Bonchev–Trinajstić information content (AvgIpc) is 3.16. The van der Waals surface area contributed by atoms with E-state index in [9.17, 15) is 9.59 Å². The molecule has 1 aromatic heterocycles. The van der Waals surface area contributed by atoms with Crippen molar-refractivity contribution in [2.45, 2.75) is 32.9 Å². The van der Waals surface area contributed by atoms with Gasteiger partial charge in [-0.05, 0) is 36.6 Å². The van der Waals surface area contributed by atoms with Gasteiger partial charge in [-0.2, -0.15) is 5.10 Å². The molecule has 1 heterocycles. The number of para-hydroxylation sites is 1. The van der Waals surface area contributed by atoms with Crippen molar-refractivity contribution in [1.82, 2.24) is 20.8 Å². The summed E-state index contributed by atoms with van der Waals surface area (Å²) in [6, 6.07) is 14.1. The van der Waals surface area contributed by atoms with Gasteiger partial charge in [0.05, 0.1) is 18.7 Å². The normalized spacial score (nSPS) is 13.1. The van der Waals surface area contributed by atoms with Crippen molar-refractivity contribution in [3.8, 4) is 5.75 Å². The maximum Gasteiger partial charge on any atom is 0.273 e. The van der Waals surface area contributed by atoms with Crippen LogP contribution < -0.4 is 15.4 Å². The minimum atomic E-state index is -0.711. The van der Waals surface area contributed by atoms with E-state index in [4.69, 9.17) is 4.74 Å². The molecular weight excluding hydrogens is 368 g/mol. The Hall–Kier alpha value is -3.35. The molecule has 3 N–H and O–H groups in total. The zero-order valence-electron chi connectivity index (χ0n) is 17.0. The van der Waals surface area contributed by atoms with E-state index in [2.05, 4.69) is 20.8 Å². The first kappa shape index (κ1) is 20.4. The molecule has 7 nitrogen and oxygen atoms in total. The fourth-order valence-corrected chi connectivity index (χ4v) is 3.19.